The Morgan fingerprint density at radius 2 is 1.47 bits per heavy atom. The van der Waals surface area contributed by atoms with Crippen molar-refractivity contribution in [2.45, 2.75) is 26.2 Å². The Morgan fingerprint density at radius 3 is 2.18 bits per heavy atom. The minimum absolute atomic E-state index is 0. The maximum Gasteiger partial charge on any atom is 0 e. The van der Waals surface area contributed by atoms with E-state index >= 15 is 0 Å². The van der Waals surface area contributed by atoms with Gasteiger partial charge in [0.15, 0.2) is 0 Å². The molecule has 1 aliphatic rings. The third-order valence-electron chi connectivity index (χ3n) is 6.67. The number of anilines is 1. The van der Waals surface area contributed by atoms with Crippen molar-refractivity contribution < 1.29 is 49.3 Å². The van der Waals surface area contributed by atoms with Gasteiger partial charge in [-0.3, -0.25) is 11.1 Å². The van der Waals surface area contributed by atoms with Gasteiger partial charge in [-0.1, -0.05) is 44.8 Å². The normalized spacial score (nSPS) is 12.2. The van der Waals surface area contributed by atoms with E-state index < -0.39 is 0 Å². The van der Waals surface area contributed by atoms with E-state index in [1.165, 1.54) is 0 Å². The molecule has 237 valence electrons. The van der Waals surface area contributed by atoms with Crippen LogP contribution in [0.2, 0.25) is 0 Å². The van der Waals surface area contributed by atoms with Crippen LogP contribution in [0.1, 0.15) is 26.3 Å². The standard InChI is InChI=1S/C37H29N3O2.ClH.2Pt/c1-37(2,3)30-20-29(22-35(24-30)42-34-15-9-11-31(25-34)40-19-18-39(4)26-40)36-23-28(16-17-38-36)27-10-8-14-33(21-27)41-32-12-6-5-7-13-32;;;/h5-12,14-15,17-20,23-24,26H,1-4H3;1H;;/q-6;;;+1/p-1. The van der Waals surface area contributed by atoms with Gasteiger partial charge in [-0.25, -0.2) is 18.2 Å². The molecule has 0 atom stereocenters. The summed E-state index contributed by atoms with van der Waals surface area (Å²) < 4.78 is 12.3. The van der Waals surface area contributed by atoms with Crippen LogP contribution >= 0.6 is 9.42 Å². The van der Waals surface area contributed by atoms with Gasteiger partial charge in [0.1, 0.15) is 0 Å². The molecule has 6 rings (SSSR count). The van der Waals surface area contributed by atoms with Crippen LogP contribution in [0.5, 0.6) is 23.0 Å². The second-order valence-electron chi connectivity index (χ2n) is 11.0. The molecule has 0 N–H and O–H groups in total. The van der Waals surface area contributed by atoms with E-state index in [1.807, 2.05) is 109 Å². The predicted octanol–water partition coefficient (Wildman–Crippen LogP) is 9.33. The van der Waals surface area contributed by atoms with Gasteiger partial charge in [-0.2, -0.15) is 43.1 Å². The van der Waals surface area contributed by atoms with E-state index in [0.29, 0.717) is 23.0 Å². The molecule has 0 saturated carbocycles. The number of hydrogen-bond donors (Lipinski definition) is 0. The van der Waals surface area contributed by atoms with E-state index in [1.54, 1.807) is 25.0 Å². The Morgan fingerprint density at radius 1 is 0.756 bits per heavy atom. The molecule has 4 aromatic carbocycles. The minimum atomic E-state index is -0.120. The van der Waals surface area contributed by atoms with Crippen LogP contribution in [-0.4, -0.2) is 16.9 Å². The zero-order valence-electron chi connectivity index (χ0n) is 25.0. The maximum atomic E-state index is 6.34. The van der Waals surface area contributed by atoms with Gasteiger partial charge in [0.2, 0.25) is 0 Å². The molecular formula is C37H29ClN3O2Pt2-6. The van der Waals surface area contributed by atoms with Crippen molar-refractivity contribution in [1.82, 2.24) is 9.88 Å². The Balaban J connectivity index is 0.00000151. The summed E-state index contributed by atoms with van der Waals surface area (Å²) in [5.74, 6) is 2.44. The summed E-state index contributed by atoms with van der Waals surface area (Å²) in [6.45, 7) is 8.51. The number of aromatic nitrogens is 1. The summed E-state index contributed by atoms with van der Waals surface area (Å²) in [6, 6.07) is 41.8. The number of pyridine rings is 1. The molecule has 0 fully saturated rings. The second-order valence-corrected chi connectivity index (χ2v) is 11.0. The zero-order valence-corrected chi connectivity index (χ0v) is 30.3. The Labute approximate surface area is 295 Å². The second kappa shape index (κ2) is 15.8. The van der Waals surface area contributed by atoms with Gasteiger partial charge in [0.05, 0.1) is 0 Å². The molecular weight excluding hydrogens is 944 g/mol. The van der Waals surface area contributed by atoms with Gasteiger partial charge in [0, 0.05) is 44.1 Å². The molecule has 1 aliphatic heterocycles. The summed E-state index contributed by atoms with van der Waals surface area (Å²) in [6.07, 6.45) is 5.65. The number of nitrogens with zero attached hydrogens (tertiary/aromatic N) is 3. The van der Waals surface area contributed by atoms with Gasteiger partial charge in [-0.05, 0) is 24.9 Å². The molecule has 0 aliphatic carbocycles. The molecule has 8 heteroatoms. The molecule has 5 nitrogen and oxygen atoms in total. The first-order chi connectivity index (χ1) is 21.3. The number of benzene rings is 4. The first-order valence-corrected chi connectivity index (χ1v) is 16.6. The van der Waals surface area contributed by atoms with Crippen molar-refractivity contribution in [3.63, 3.8) is 0 Å². The van der Waals surface area contributed by atoms with Crippen LogP contribution in [0.3, 0.4) is 0 Å². The van der Waals surface area contributed by atoms with E-state index in [4.69, 9.17) is 9.47 Å². The average Bonchev–Trinajstić information content (AvgIpc) is 3.48. The van der Waals surface area contributed by atoms with Crippen molar-refractivity contribution >= 4 is 15.1 Å². The third-order valence-corrected chi connectivity index (χ3v) is 6.67. The summed E-state index contributed by atoms with van der Waals surface area (Å²) in [5.41, 5.74) is 5.15. The third kappa shape index (κ3) is 9.10. The largest absolute Gasteiger partial charge is 0 e. The predicted molar refractivity (Wildman–Crippen MR) is 171 cm³/mol. The SMILES string of the molecule is CN1C=CN(c2[c-]c(Oc3[c-]c(-c4cc(-c5[c-]c(Oc6[c-]cccc6)ccc5)[c-]cn4)cc(C(C)(C)C)c3)ccc2)[CH-]1.[Cl][Pt].[Pt]. The number of halogens is 1. The van der Waals surface area contributed by atoms with Crippen LogP contribution in [0.25, 0.3) is 22.4 Å². The Bertz CT molecular complexity index is 1740. The fourth-order valence-electron chi connectivity index (χ4n) is 4.44. The Hall–Kier alpha value is -3.36. The van der Waals surface area contributed by atoms with E-state index in [-0.39, 0.29) is 26.5 Å². The van der Waals surface area contributed by atoms with Crippen LogP contribution in [-0.2, 0) is 45.3 Å². The number of ether oxygens (including phenoxy) is 2. The minimum Gasteiger partial charge on any atom is 0 e. The van der Waals surface area contributed by atoms with Gasteiger partial charge in [0.25, 0.3) is 0 Å². The fourth-order valence-corrected chi connectivity index (χ4v) is 4.44. The monoisotopic (exact) mass is 972 g/mol. The Kier molecular flexibility index (Phi) is 12.1. The van der Waals surface area contributed by atoms with Crippen LogP contribution in [0, 0.1) is 37.0 Å². The quantitative estimate of drug-likeness (QED) is 0.152. The molecule has 0 bridgehead atoms. The topological polar surface area (TPSA) is 37.8 Å². The molecule has 5 aromatic rings. The first-order valence-electron chi connectivity index (χ1n) is 13.8. The zero-order chi connectivity index (χ0) is 31.1. The van der Waals surface area contributed by atoms with Gasteiger partial charge < -0.3 is 24.3 Å². The van der Waals surface area contributed by atoms with Crippen molar-refractivity contribution in [2.75, 3.05) is 11.9 Å². The molecule has 0 unspecified atom stereocenters. The molecule has 1 aromatic heterocycles. The summed E-state index contributed by atoms with van der Waals surface area (Å²) in [4.78, 5) is 8.62. The number of rotatable bonds is 7. The molecule has 0 amide bonds. The maximum absolute atomic E-state index is 6.34. The van der Waals surface area contributed by atoms with Crippen molar-refractivity contribution in [3.8, 4) is 45.4 Å². The van der Waals surface area contributed by atoms with Crippen molar-refractivity contribution in [3.05, 3.63) is 140 Å². The van der Waals surface area contributed by atoms with Crippen molar-refractivity contribution in [2.24, 2.45) is 0 Å². The smallest absolute Gasteiger partial charge is 0 e. The van der Waals surface area contributed by atoms with E-state index in [2.05, 4.69) is 71.6 Å². The molecule has 2 heterocycles. The molecule has 0 radical (unpaired) electrons. The summed E-state index contributed by atoms with van der Waals surface area (Å²) in [7, 11) is 6.60. The summed E-state index contributed by atoms with van der Waals surface area (Å²) in [5, 5.41) is 0. The van der Waals surface area contributed by atoms with Crippen LogP contribution in [0.15, 0.2) is 97.5 Å². The number of para-hydroxylation sites is 1. The van der Waals surface area contributed by atoms with Crippen LogP contribution < -0.4 is 14.4 Å². The average molecular weight is 973 g/mol. The first kappa shape index (κ1) is 34.5. The van der Waals surface area contributed by atoms with Gasteiger partial charge >= 0.3 is 28.2 Å². The van der Waals surface area contributed by atoms with E-state index in [9.17, 15) is 0 Å². The summed E-state index contributed by atoms with van der Waals surface area (Å²) >= 11 is 1.61. The number of hydrogen-bond acceptors (Lipinski definition) is 5. The molecule has 0 spiro atoms. The molecule has 0 saturated heterocycles. The van der Waals surface area contributed by atoms with Crippen molar-refractivity contribution in [1.29, 1.82) is 0 Å². The van der Waals surface area contributed by atoms with E-state index in [0.717, 1.165) is 33.6 Å². The van der Waals surface area contributed by atoms with Crippen LogP contribution in [0.4, 0.5) is 5.69 Å². The molecule has 45 heavy (non-hydrogen) atoms. The van der Waals surface area contributed by atoms with Gasteiger partial charge in [-0.15, -0.1) is 59.3 Å². The fraction of sp³-hybridized carbons (Fsp3) is 0.135.